The molecular formula is C13H24N2O. The number of amides is 1. The molecule has 2 saturated carbocycles. The Morgan fingerprint density at radius 2 is 2.06 bits per heavy atom. The standard InChI is InChI=1S/C13H24N2O/c1-9(2)10-4-3-7-13(8-10,12(14)16)15-11-5-6-11/h9-11,15H,3-8H2,1-2H3,(H2,14,16). The molecule has 3 N–H and O–H groups in total. The minimum absolute atomic E-state index is 0.134. The van der Waals surface area contributed by atoms with Crippen LogP contribution in [0.2, 0.25) is 0 Å². The van der Waals surface area contributed by atoms with Crippen molar-refractivity contribution < 1.29 is 4.79 Å². The van der Waals surface area contributed by atoms with Gasteiger partial charge in [0.1, 0.15) is 0 Å². The van der Waals surface area contributed by atoms with E-state index in [9.17, 15) is 4.79 Å². The van der Waals surface area contributed by atoms with E-state index in [0.717, 1.165) is 19.3 Å². The van der Waals surface area contributed by atoms with E-state index < -0.39 is 5.54 Å². The molecule has 0 aromatic heterocycles. The number of carbonyl (C=O) groups excluding carboxylic acids is 1. The summed E-state index contributed by atoms with van der Waals surface area (Å²) in [6.07, 6.45) is 6.67. The van der Waals surface area contributed by atoms with Gasteiger partial charge in [0, 0.05) is 6.04 Å². The Morgan fingerprint density at radius 3 is 2.56 bits per heavy atom. The van der Waals surface area contributed by atoms with E-state index in [2.05, 4.69) is 19.2 Å². The van der Waals surface area contributed by atoms with Gasteiger partial charge in [-0.25, -0.2) is 0 Å². The Balaban J connectivity index is 2.07. The number of nitrogens with two attached hydrogens (primary N) is 1. The van der Waals surface area contributed by atoms with Gasteiger partial charge in [-0.05, 0) is 37.5 Å². The van der Waals surface area contributed by atoms with Crippen LogP contribution >= 0.6 is 0 Å². The Morgan fingerprint density at radius 1 is 1.38 bits per heavy atom. The van der Waals surface area contributed by atoms with Crippen LogP contribution in [0.4, 0.5) is 0 Å². The topological polar surface area (TPSA) is 55.1 Å². The maximum absolute atomic E-state index is 11.8. The summed E-state index contributed by atoms with van der Waals surface area (Å²) in [6, 6.07) is 0.554. The third-order valence-corrected chi connectivity index (χ3v) is 4.26. The lowest BCUT2D eigenvalue weighted by Crippen LogP contribution is -2.59. The van der Waals surface area contributed by atoms with E-state index in [1.165, 1.54) is 19.3 Å². The molecule has 0 saturated heterocycles. The quantitative estimate of drug-likeness (QED) is 0.765. The monoisotopic (exact) mass is 224 g/mol. The lowest BCUT2D eigenvalue weighted by atomic mass is 9.71. The molecule has 0 aliphatic heterocycles. The summed E-state index contributed by atoms with van der Waals surface area (Å²) in [5, 5.41) is 3.52. The number of hydrogen-bond acceptors (Lipinski definition) is 2. The first-order valence-corrected chi connectivity index (χ1v) is 6.61. The van der Waals surface area contributed by atoms with Crippen molar-refractivity contribution in [3.8, 4) is 0 Å². The van der Waals surface area contributed by atoms with Crippen LogP contribution in [0.1, 0.15) is 52.4 Å². The summed E-state index contributed by atoms with van der Waals surface area (Å²) in [5.74, 6) is 1.16. The zero-order valence-corrected chi connectivity index (χ0v) is 10.5. The van der Waals surface area contributed by atoms with Gasteiger partial charge in [0.15, 0.2) is 0 Å². The van der Waals surface area contributed by atoms with Crippen LogP contribution in [0.5, 0.6) is 0 Å². The molecule has 2 atom stereocenters. The van der Waals surface area contributed by atoms with E-state index >= 15 is 0 Å². The third-order valence-electron chi connectivity index (χ3n) is 4.26. The predicted octanol–water partition coefficient (Wildman–Crippen LogP) is 1.81. The van der Waals surface area contributed by atoms with Gasteiger partial charge in [0.25, 0.3) is 0 Å². The lowest BCUT2D eigenvalue weighted by Gasteiger charge is -2.41. The minimum Gasteiger partial charge on any atom is -0.368 e. The largest absolute Gasteiger partial charge is 0.368 e. The zero-order valence-electron chi connectivity index (χ0n) is 10.5. The molecular weight excluding hydrogens is 200 g/mol. The van der Waals surface area contributed by atoms with Crippen molar-refractivity contribution in [1.82, 2.24) is 5.32 Å². The normalized spacial score (nSPS) is 35.3. The van der Waals surface area contributed by atoms with Gasteiger partial charge in [0.05, 0.1) is 5.54 Å². The predicted molar refractivity (Wildman–Crippen MR) is 64.9 cm³/mol. The summed E-state index contributed by atoms with van der Waals surface area (Å²) in [6.45, 7) is 4.50. The SMILES string of the molecule is CC(C)C1CCCC(NC2CC2)(C(N)=O)C1. The van der Waals surface area contributed by atoms with Gasteiger partial charge in [-0.1, -0.05) is 26.7 Å². The van der Waals surface area contributed by atoms with Gasteiger partial charge in [-0.15, -0.1) is 0 Å². The van der Waals surface area contributed by atoms with E-state index in [0.29, 0.717) is 17.9 Å². The van der Waals surface area contributed by atoms with Crippen molar-refractivity contribution >= 4 is 5.91 Å². The number of carbonyl (C=O) groups is 1. The molecule has 0 heterocycles. The Kier molecular flexibility index (Phi) is 3.24. The van der Waals surface area contributed by atoms with E-state index in [4.69, 9.17) is 5.73 Å². The van der Waals surface area contributed by atoms with Crippen LogP contribution in [-0.4, -0.2) is 17.5 Å². The lowest BCUT2D eigenvalue weighted by molar-refractivity contribution is -0.126. The number of primary amides is 1. The highest BCUT2D eigenvalue weighted by atomic mass is 16.1. The average Bonchev–Trinajstić information content (AvgIpc) is 3.01. The summed E-state index contributed by atoms with van der Waals surface area (Å²) in [7, 11) is 0. The molecule has 1 amide bonds. The second-order valence-electron chi connectivity index (χ2n) is 5.97. The molecule has 2 unspecified atom stereocenters. The molecule has 92 valence electrons. The molecule has 3 nitrogen and oxygen atoms in total. The zero-order chi connectivity index (χ0) is 11.8. The second-order valence-corrected chi connectivity index (χ2v) is 5.97. The smallest absolute Gasteiger partial charge is 0.237 e. The van der Waals surface area contributed by atoms with Crippen LogP contribution in [-0.2, 0) is 4.79 Å². The van der Waals surface area contributed by atoms with Gasteiger partial charge in [-0.2, -0.15) is 0 Å². The molecule has 0 aromatic rings. The second kappa shape index (κ2) is 4.36. The fourth-order valence-electron chi connectivity index (χ4n) is 2.93. The molecule has 0 bridgehead atoms. The molecule has 2 rings (SSSR count). The summed E-state index contributed by atoms with van der Waals surface area (Å²) < 4.78 is 0. The maximum Gasteiger partial charge on any atom is 0.237 e. The Bertz CT molecular complexity index is 273. The van der Waals surface area contributed by atoms with E-state index in [1.54, 1.807) is 0 Å². The van der Waals surface area contributed by atoms with Crippen molar-refractivity contribution in [2.24, 2.45) is 17.6 Å². The Labute approximate surface area is 98.2 Å². The average molecular weight is 224 g/mol. The summed E-state index contributed by atoms with van der Waals surface area (Å²) in [5.41, 5.74) is 5.24. The third kappa shape index (κ3) is 2.40. The molecule has 2 aliphatic rings. The first-order chi connectivity index (χ1) is 7.53. The van der Waals surface area contributed by atoms with Crippen molar-refractivity contribution in [2.75, 3.05) is 0 Å². The van der Waals surface area contributed by atoms with E-state index in [1.807, 2.05) is 0 Å². The van der Waals surface area contributed by atoms with Crippen LogP contribution < -0.4 is 11.1 Å². The van der Waals surface area contributed by atoms with Crippen molar-refractivity contribution in [3.05, 3.63) is 0 Å². The van der Waals surface area contributed by atoms with Crippen LogP contribution in [0, 0.1) is 11.8 Å². The number of rotatable bonds is 4. The van der Waals surface area contributed by atoms with Crippen LogP contribution in [0.3, 0.4) is 0 Å². The molecule has 16 heavy (non-hydrogen) atoms. The highest BCUT2D eigenvalue weighted by Crippen LogP contribution is 2.38. The fourth-order valence-corrected chi connectivity index (χ4v) is 2.93. The molecule has 0 spiro atoms. The highest BCUT2D eigenvalue weighted by Gasteiger charge is 2.44. The Hall–Kier alpha value is -0.570. The van der Waals surface area contributed by atoms with Crippen molar-refractivity contribution in [3.63, 3.8) is 0 Å². The molecule has 2 fully saturated rings. The fraction of sp³-hybridized carbons (Fsp3) is 0.923. The summed E-state index contributed by atoms with van der Waals surface area (Å²) in [4.78, 5) is 11.8. The van der Waals surface area contributed by atoms with Crippen LogP contribution in [0.15, 0.2) is 0 Å². The molecule has 0 aromatic carbocycles. The van der Waals surface area contributed by atoms with Crippen molar-refractivity contribution in [2.45, 2.75) is 64.0 Å². The van der Waals surface area contributed by atoms with Gasteiger partial charge >= 0.3 is 0 Å². The molecule has 2 aliphatic carbocycles. The van der Waals surface area contributed by atoms with Crippen LogP contribution in [0.25, 0.3) is 0 Å². The van der Waals surface area contributed by atoms with Gasteiger partial charge < -0.3 is 11.1 Å². The number of hydrogen-bond donors (Lipinski definition) is 2. The first-order valence-electron chi connectivity index (χ1n) is 6.61. The molecule has 3 heteroatoms. The first kappa shape index (κ1) is 11.9. The van der Waals surface area contributed by atoms with Crippen molar-refractivity contribution in [1.29, 1.82) is 0 Å². The summed E-state index contributed by atoms with van der Waals surface area (Å²) >= 11 is 0. The highest BCUT2D eigenvalue weighted by molar-refractivity contribution is 5.85. The van der Waals surface area contributed by atoms with Gasteiger partial charge in [-0.3, -0.25) is 4.79 Å². The minimum atomic E-state index is -0.394. The maximum atomic E-state index is 11.8. The van der Waals surface area contributed by atoms with Gasteiger partial charge in [0.2, 0.25) is 5.91 Å². The van der Waals surface area contributed by atoms with E-state index in [-0.39, 0.29) is 5.91 Å². The molecule has 0 radical (unpaired) electrons. The number of nitrogens with one attached hydrogen (secondary N) is 1.